The zero-order chi connectivity index (χ0) is 19.8. The maximum absolute atomic E-state index is 12.7. The molecule has 0 unspecified atom stereocenters. The number of carbonyl (C=O) groups is 2. The molecule has 4 nitrogen and oxygen atoms in total. The fourth-order valence-electron chi connectivity index (χ4n) is 3.16. The van der Waals surface area contributed by atoms with Crippen molar-refractivity contribution in [3.63, 3.8) is 0 Å². The first-order valence-corrected chi connectivity index (χ1v) is 11.8. The third-order valence-corrected chi connectivity index (χ3v) is 7.59. The van der Waals surface area contributed by atoms with Crippen molar-refractivity contribution in [1.82, 2.24) is 9.96 Å². The number of amides is 2. The monoisotopic (exact) mass is 388 g/mol. The highest BCUT2D eigenvalue weighted by Gasteiger charge is 2.34. The maximum Gasteiger partial charge on any atom is 0.293 e. The average molecular weight is 389 g/mol. The molecule has 0 atom stereocenters. The normalized spacial score (nSPS) is 10.9. The van der Waals surface area contributed by atoms with E-state index >= 15 is 0 Å². The van der Waals surface area contributed by atoms with E-state index in [1.54, 1.807) is 0 Å². The van der Waals surface area contributed by atoms with Gasteiger partial charge in [-0.05, 0) is 22.9 Å². The van der Waals surface area contributed by atoms with E-state index in [-0.39, 0.29) is 24.7 Å². The minimum atomic E-state index is -2.76. The van der Waals surface area contributed by atoms with Crippen molar-refractivity contribution in [3.05, 3.63) is 102 Å². The maximum atomic E-state index is 12.7. The summed E-state index contributed by atoms with van der Waals surface area (Å²) in [5.41, 5.74) is 1.89. The van der Waals surface area contributed by atoms with E-state index in [4.69, 9.17) is 0 Å². The van der Waals surface area contributed by atoms with Crippen LogP contribution in [0.25, 0.3) is 0 Å². The molecule has 0 saturated heterocycles. The summed E-state index contributed by atoms with van der Waals surface area (Å²) in [6, 6.07) is 28.9. The van der Waals surface area contributed by atoms with Gasteiger partial charge in [-0.1, -0.05) is 91.0 Å². The van der Waals surface area contributed by atoms with E-state index < -0.39 is 8.40 Å². The lowest BCUT2D eigenvalue weighted by Gasteiger charge is -2.29. The van der Waals surface area contributed by atoms with Crippen LogP contribution in [0.15, 0.2) is 91.0 Å². The van der Waals surface area contributed by atoms with E-state index in [0.29, 0.717) is 0 Å². The van der Waals surface area contributed by atoms with Gasteiger partial charge in [-0.25, -0.2) is 0 Å². The summed E-state index contributed by atoms with van der Waals surface area (Å²) in [5, 5.41) is 0.956. The van der Waals surface area contributed by atoms with Gasteiger partial charge in [-0.3, -0.25) is 9.59 Å². The molecule has 3 aromatic rings. The van der Waals surface area contributed by atoms with Gasteiger partial charge >= 0.3 is 0 Å². The lowest BCUT2D eigenvalue weighted by Crippen LogP contribution is -2.71. The molecule has 0 spiro atoms. The van der Waals surface area contributed by atoms with Gasteiger partial charge < -0.3 is 9.96 Å². The Morgan fingerprint density at radius 3 is 1.39 bits per heavy atom. The first kappa shape index (κ1) is 19.6. The first-order chi connectivity index (χ1) is 13.5. The molecule has 142 valence electrons. The zero-order valence-electron chi connectivity index (χ0n) is 15.9. The summed E-state index contributed by atoms with van der Waals surface area (Å²) in [6.07, 6.45) is 0.565. The van der Waals surface area contributed by atoms with Gasteiger partial charge in [-0.15, -0.1) is 0 Å². The lowest BCUT2D eigenvalue weighted by atomic mass is 10.1. The van der Waals surface area contributed by atoms with Crippen LogP contribution in [0.5, 0.6) is 0 Å². The smallest absolute Gasteiger partial charge is 0.293 e. The molecule has 0 heterocycles. The number of rotatable bonds is 7. The number of hydrogen-bond acceptors (Lipinski definition) is 2. The molecule has 0 radical (unpaired) electrons. The molecular weight excluding hydrogens is 364 g/mol. The fraction of sp³-hybridized carbons (Fsp3) is 0.130. The zero-order valence-corrected chi connectivity index (χ0v) is 16.9. The van der Waals surface area contributed by atoms with Crippen LogP contribution in [0, 0.1) is 0 Å². The van der Waals surface area contributed by atoms with Crippen molar-refractivity contribution in [2.75, 3.05) is 0 Å². The van der Waals surface area contributed by atoms with Gasteiger partial charge in [0.25, 0.3) is 8.40 Å². The molecule has 0 aliphatic heterocycles. The highest BCUT2D eigenvalue weighted by atomic mass is 28.3. The van der Waals surface area contributed by atoms with Crippen LogP contribution in [-0.4, -0.2) is 20.2 Å². The number of hydrogen-bond donors (Lipinski definition) is 2. The summed E-state index contributed by atoms with van der Waals surface area (Å²) in [4.78, 5) is 31.7. The first-order valence-electron chi connectivity index (χ1n) is 9.30. The molecule has 5 heteroatoms. The summed E-state index contributed by atoms with van der Waals surface area (Å²) in [6.45, 7) is 1.95. The quantitative estimate of drug-likeness (QED) is 0.612. The summed E-state index contributed by atoms with van der Waals surface area (Å²) < 4.78 is 0. The standard InChI is InChI=1S/C23H24N2O2Si/c1-28(21-15-9-4-10-16-21,24-22(26)17-19-11-5-2-6-12-19)25-23(27)18-20-13-7-3-8-14-20/h2-16H,17-18H2,1H3,(H,24,26)(H,25,27). The van der Waals surface area contributed by atoms with E-state index in [1.165, 1.54) is 0 Å². The topological polar surface area (TPSA) is 58.2 Å². The average Bonchev–Trinajstić information content (AvgIpc) is 2.70. The molecule has 0 aromatic heterocycles. The van der Waals surface area contributed by atoms with Gasteiger partial charge in [0.15, 0.2) is 0 Å². The van der Waals surface area contributed by atoms with Crippen LogP contribution in [0.3, 0.4) is 0 Å². The van der Waals surface area contributed by atoms with Gasteiger partial charge in [0.05, 0.1) is 12.8 Å². The van der Waals surface area contributed by atoms with Crippen LogP contribution in [0.4, 0.5) is 0 Å². The Hall–Kier alpha value is -3.18. The van der Waals surface area contributed by atoms with Crippen LogP contribution < -0.4 is 15.2 Å². The minimum Gasteiger partial charge on any atom is -0.361 e. The van der Waals surface area contributed by atoms with Gasteiger partial charge in [0.1, 0.15) is 0 Å². The van der Waals surface area contributed by atoms with E-state index in [1.807, 2.05) is 97.5 Å². The molecule has 0 saturated carbocycles. The lowest BCUT2D eigenvalue weighted by molar-refractivity contribution is -0.119. The van der Waals surface area contributed by atoms with Crippen molar-refractivity contribution in [1.29, 1.82) is 0 Å². The Bertz CT molecular complexity index is 860. The van der Waals surface area contributed by atoms with Crippen LogP contribution in [-0.2, 0) is 22.4 Å². The Morgan fingerprint density at radius 1 is 0.643 bits per heavy atom. The van der Waals surface area contributed by atoms with E-state index in [9.17, 15) is 9.59 Å². The van der Waals surface area contributed by atoms with Crippen molar-refractivity contribution in [3.8, 4) is 0 Å². The fourth-order valence-corrected chi connectivity index (χ4v) is 5.66. The second kappa shape index (κ2) is 9.15. The Balaban J connectivity index is 1.75. The summed E-state index contributed by atoms with van der Waals surface area (Å²) in [7, 11) is -2.76. The second-order valence-corrected chi connectivity index (χ2v) is 10.2. The second-order valence-electron chi connectivity index (χ2n) is 6.91. The van der Waals surface area contributed by atoms with Gasteiger partial charge in [0, 0.05) is 0 Å². The molecule has 0 fully saturated rings. The molecule has 0 aliphatic rings. The molecule has 0 aliphatic carbocycles. The van der Waals surface area contributed by atoms with Crippen LogP contribution in [0.2, 0.25) is 6.55 Å². The largest absolute Gasteiger partial charge is 0.361 e. The number of nitrogens with one attached hydrogen (secondary N) is 2. The predicted octanol–water partition coefficient (Wildman–Crippen LogP) is 2.68. The molecule has 2 N–H and O–H groups in total. The number of carbonyl (C=O) groups excluding carboxylic acids is 2. The highest BCUT2D eigenvalue weighted by Crippen LogP contribution is 2.04. The van der Waals surface area contributed by atoms with Gasteiger partial charge in [0.2, 0.25) is 11.8 Å². The molecule has 3 aromatic carbocycles. The highest BCUT2D eigenvalue weighted by molar-refractivity contribution is 6.89. The van der Waals surface area contributed by atoms with Crippen molar-refractivity contribution < 1.29 is 9.59 Å². The van der Waals surface area contributed by atoms with Crippen molar-refractivity contribution in [2.45, 2.75) is 19.4 Å². The number of benzene rings is 3. The molecular formula is C23H24N2O2Si. The molecule has 0 bridgehead atoms. The predicted molar refractivity (Wildman–Crippen MR) is 114 cm³/mol. The molecule has 3 rings (SSSR count). The van der Waals surface area contributed by atoms with Crippen LogP contribution in [0.1, 0.15) is 11.1 Å². The SMILES string of the molecule is C[Si](NC(=O)Cc1ccccc1)(NC(=O)Cc1ccccc1)c1ccccc1. The van der Waals surface area contributed by atoms with Crippen molar-refractivity contribution in [2.24, 2.45) is 0 Å². The van der Waals surface area contributed by atoms with Gasteiger partial charge in [-0.2, -0.15) is 0 Å². The summed E-state index contributed by atoms with van der Waals surface area (Å²) >= 11 is 0. The Labute approximate surface area is 166 Å². The van der Waals surface area contributed by atoms with Crippen molar-refractivity contribution >= 4 is 25.4 Å². The summed E-state index contributed by atoms with van der Waals surface area (Å²) in [5.74, 6) is -0.187. The minimum absolute atomic E-state index is 0.0933. The third-order valence-electron chi connectivity index (χ3n) is 4.54. The van der Waals surface area contributed by atoms with E-state index in [2.05, 4.69) is 9.96 Å². The Morgan fingerprint density at radius 2 is 1.00 bits per heavy atom. The Kier molecular flexibility index (Phi) is 6.40. The van der Waals surface area contributed by atoms with Crippen LogP contribution >= 0.6 is 0 Å². The van der Waals surface area contributed by atoms with E-state index in [0.717, 1.165) is 16.3 Å². The molecule has 2 amide bonds. The molecule has 28 heavy (non-hydrogen) atoms. The third kappa shape index (κ3) is 5.41.